The van der Waals surface area contributed by atoms with Crippen LogP contribution in [0.3, 0.4) is 0 Å². The van der Waals surface area contributed by atoms with Gasteiger partial charge in [-0.15, -0.1) is 11.3 Å². The molecule has 2 amide bonds. The molecule has 6 nitrogen and oxygen atoms in total. The number of unbranched alkanes of at least 4 members (excludes halogenated alkanes) is 1. The number of rotatable bonds is 9. The SMILES string of the molecule is CC(=O)NCc1ccc(C(=O)NCCCCN2CCN(c3ccccc3)CC2)s1. The summed E-state index contributed by atoms with van der Waals surface area (Å²) in [4.78, 5) is 29.8. The quantitative estimate of drug-likeness (QED) is 0.620. The van der Waals surface area contributed by atoms with Gasteiger partial charge in [0.25, 0.3) is 5.91 Å². The molecule has 2 N–H and O–H groups in total. The molecule has 29 heavy (non-hydrogen) atoms. The molecule has 0 saturated carbocycles. The first-order chi connectivity index (χ1) is 14.1. The van der Waals surface area contributed by atoms with Crippen LogP contribution in [0, 0.1) is 0 Å². The first kappa shape index (κ1) is 21.3. The molecule has 1 aromatic heterocycles. The van der Waals surface area contributed by atoms with Crippen molar-refractivity contribution in [3.05, 3.63) is 52.2 Å². The van der Waals surface area contributed by atoms with Crippen molar-refractivity contribution < 1.29 is 9.59 Å². The molecule has 1 aromatic carbocycles. The van der Waals surface area contributed by atoms with Crippen molar-refractivity contribution in [2.75, 3.05) is 44.2 Å². The Balaban J connectivity index is 1.27. The third-order valence-electron chi connectivity index (χ3n) is 5.08. The van der Waals surface area contributed by atoms with Gasteiger partial charge in [-0.05, 0) is 43.7 Å². The van der Waals surface area contributed by atoms with Gasteiger partial charge in [0.05, 0.1) is 11.4 Å². The van der Waals surface area contributed by atoms with E-state index in [4.69, 9.17) is 0 Å². The first-order valence-electron chi connectivity index (χ1n) is 10.3. The largest absolute Gasteiger partial charge is 0.369 e. The first-order valence-corrected chi connectivity index (χ1v) is 11.1. The number of hydrogen-bond acceptors (Lipinski definition) is 5. The smallest absolute Gasteiger partial charge is 0.261 e. The molecule has 1 saturated heterocycles. The lowest BCUT2D eigenvalue weighted by atomic mass is 10.2. The fraction of sp³-hybridized carbons (Fsp3) is 0.455. The molecule has 2 heterocycles. The van der Waals surface area contributed by atoms with E-state index < -0.39 is 0 Å². The van der Waals surface area contributed by atoms with Gasteiger partial charge in [0.2, 0.25) is 5.91 Å². The molecular weight excluding hydrogens is 384 g/mol. The molecule has 0 bridgehead atoms. The zero-order valence-electron chi connectivity index (χ0n) is 17.0. The summed E-state index contributed by atoms with van der Waals surface area (Å²) >= 11 is 1.43. The normalized spacial score (nSPS) is 14.6. The minimum atomic E-state index is -0.0640. The van der Waals surface area contributed by atoms with Crippen LogP contribution < -0.4 is 15.5 Å². The molecule has 3 rings (SSSR count). The predicted octanol–water partition coefficient (Wildman–Crippen LogP) is 2.72. The highest BCUT2D eigenvalue weighted by atomic mass is 32.1. The van der Waals surface area contributed by atoms with Crippen LogP contribution in [0.1, 0.15) is 34.3 Å². The molecule has 0 radical (unpaired) electrons. The van der Waals surface area contributed by atoms with Crippen LogP contribution in [0.15, 0.2) is 42.5 Å². The lowest BCUT2D eigenvalue weighted by molar-refractivity contribution is -0.119. The molecule has 156 valence electrons. The van der Waals surface area contributed by atoms with Gasteiger partial charge >= 0.3 is 0 Å². The van der Waals surface area contributed by atoms with Crippen molar-refractivity contribution in [3.8, 4) is 0 Å². The summed E-state index contributed by atoms with van der Waals surface area (Å²) in [6.45, 7) is 8.07. The molecule has 7 heteroatoms. The lowest BCUT2D eigenvalue weighted by Gasteiger charge is -2.36. The topological polar surface area (TPSA) is 64.7 Å². The number of anilines is 1. The Kier molecular flexibility index (Phi) is 8.07. The number of piperazine rings is 1. The van der Waals surface area contributed by atoms with E-state index in [0.29, 0.717) is 18.0 Å². The number of nitrogens with one attached hydrogen (secondary N) is 2. The maximum absolute atomic E-state index is 12.2. The molecule has 0 spiro atoms. The second-order valence-corrected chi connectivity index (χ2v) is 8.47. The van der Waals surface area contributed by atoms with E-state index in [1.807, 2.05) is 12.1 Å². The molecule has 2 aromatic rings. The third-order valence-corrected chi connectivity index (χ3v) is 6.16. The second-order valence-electron chi connectivity index (χ2n) is 7.30. The molecule has 0 atom stereocenters. The maximum Gasteiger partial charge on any atom is 0.261 e. The van der Waals surface area contributed by atoms with Crippen molar-refractivity contribution in [3.63, 3.8) is 0 Å². The van der Waals surface area contributed by atoms with Gasteiger partial charge < -0.3 is 15.5 Å². The minimum Gasteiger partial charge on any atom is -0.369 e. The van der Waals surface area contributed by atoms with E-state index in [1.165, 1.54) is 23.9 Å². The summed E-state index contributed by atoms with van der Waals surface area (Å²) in [5, 5.41) is 5.75. The Morgan fingerprint density at radius 2 is 1.72 bits per heavy atom. The monoisotopic (exact) mass is 414 g/mol. The zero-order valence-corrected chi connectivity index (χ0v) is 17.8. The lowest BCUT2D eigenvalue weighted by Crippen LogP contribution is -2.46. The van der Waals surface area contributed by atoms with Crippen molar-refractivity contribution in [2.24, 2.45) is 0 Å². The van der Waals surface area contributed by atoms with Gasteiger partial charge in [0.15, 0.2) is 0 Å². The Morgan fingerprint density at radius 1 is 0.966 bits per heavy atom. The summed E-state index contributed by atoms with van der Waals surface area (Å²) in [7, 11) is 0. The molecule has 1 aliphatic rings. The average Bonchev–Trinajstić information content (AvgIpc) is 3.22. The number of benzene rings is 1. The minimum absolute atomic E-state index is 0.0273. The van der Waals surface area contributed by atoms with Crippen LogP contribution in [-0.4, -0.2) is 56.0 Å². The van der Waals surface area contributed by atoms with E-state index in [1.54, 1.807) is 0 Å². The Labute approximate surface area is 176 Å². The van der Waals surface area contributed by atoms with Gasteiger partial charge in [-0.25, -0.2) is 0 Å². The Bertz CT molecular complexity index is 785. The number of carbonyl (C=O) groups is 2. The third kappa shape index (κ3) is 6.87. The van der Waals surface area contributed by atoms with Crippen LogP contribution in [0.25, 0.3) is 0 Å². The summed E-state index contributed by atoms with van der Waals surface area (Å²) in [5.74, 6) is -0.0913. The number of amides is 2. The summed E-state index contributed by atoms with van der Waals surface area (Å²) < 4.78 is 0. The van der Waals surface area contributed by atoms with Gasteiger partial charge in [0, 0.05) is 50.2 Å². The molecule has 1 fully saturated rings. The van der Waals surface area contributed by atoms with E-state index >= 15 is 0 Å². The number of carbonyl (C=O) groups excluding carboxylic acids is 2. The van der Waals surface area contributed by atoms with Crippen LogP contribution in [-0.2, 0) is 11.3 Å². The van der Waals surface area contributed by atoms with Gasteiger partial charge in [-0.3, -0.25) is 14.5 Å². The van der Waals surface area contributed by atoms with Gasteiger partial charge in [-0.1, -0.05) is 18.2 Å². The van der Waals surface area contributed by atoms with Crippen LogP contribution in [0.2, 0.25) is 0 Å². The Morgan fingerprint density at radius 3 is 2.45 bits per heavy atom. The molecule has 0 aliphatic carbocycles. The zero-order chi connectivity index (χ0) is 20.5. The number of hydrogen-bond donors (Lipinski definition) is 2. The van der Waals surface area contributed by atoms with Crippen LogP contribution >= 0.6 is 11.3 Å². The summed E-state index contributed by atoms with van der Waals surface area (Å²) in [6, 6.07) is 14.3. The summed E-state index contributed by atoms with van der Waals surface area (Å²) in [6.07, 6.45) is 2.07. The van der Waals surface area contributed by atoms with Crippen molar-refractivity contribution in [1.29, 1.82) is 0 Å². The highest BCUT2D eigenvalue weighted by Crippen LogP contribution is 2.17. The Hall–Kier alpha value is -2.38. The van der Waals surface area contributed by atoms with Crippen molar-refractivity contribution in [2.45, 2.75) is 26.3 Å². The number of nitrogens with zero attached hydrogens (tertiary/aromatic N) is 2. The predicted molar refractivity (Wildman–Crippen MR) is 119 cm³/mol. The van der Waals surface area contributed by atoms with E-state index in [2.05, 4.69) is 50.8 Å². The average molecular weight is 415 g/mol. The number of thiophene rings is 1. The second kappa shape index (κ2) is 11.0. The fourth-order valence-corrected chi connectivity index (χ4v) is 4.29. The molecular formula is C22H30N4O2S. The summed E-state index contributed by atoms with van der Waals surface area (Å²) in [5.41, 5.74) is 1.31. The van der Waals surface area contributed by atoms with Crippen LogP contribution in [0.4, 0.5) is 5.69 Å². The van der Waals surface area contributed by atoms with E-state index in [-0.39, 0.29) is 11.8 Å². The number of para-hydroxylation sites is 1. The van der Waals surface area contributed by atoms with Gasteiger partial charge in [-0.2, -0.15) is 0 Å². The van der Waals surface area contributed by atoms with E-state index in [0.717, 1.165) is 50.4 Å². The van der Waals surface area contributed by atoms with Crippen molar-refractivity contribution >= 4 is 28.8 Å². The van der Waals surface area contributed by atoms with E-state index in [9.17, 15) is 9.59 Å². The fourth-order valence-electron chi connectivity index (χ4n) is 3.42. The maximum atomic E-state index is 12.2. The molecule has 0 unspecified atom stereocenters. The highest BCUT2D eigenvalue weighted by molar-refractivity contribution is 7.14. The highest BCUT2D eigenvalue weighted by Gasteiger charge is 2.16. The van der Waals surface area contributed by atoms with Crippen LogP contribution in [0.5, 0.6) is 0 Å². The van der Waals surface area contributed by atoms with Gasteiger partial charge in [0.1, 0.15) is 0 Å². The van der Waals surface area contributed by atoms with Crippen molar-refractivity contribution in [1.82, 2.24) is 15.5 Å². The molecule has 1 aliphatic heterocycles. The standard InChI is InChI=1S/C22H30N4O2S/c1-18(27)24-17-20-9-10-21(29-20)22(28)23-11-5-6-12-25-13-15-26(16-14-25)19-7-3-2-4-8-19/h2-4,7-10H,5-6,11-17H2,1H3,(H,23,28)(H,24,27).